The Morgan fingerprint density at radius 1 is 0.377 bits per heavy atom. The lowest BCUT2D eigenvalue weighted by molar-refractivity contribution is 0.298. The Balaban J connectivity index is 0.000000120. The van der Waals surface area contributed by atoms with Gasteiger partial charge in [-0.1, -0.05) is 146 Å². The molecule has 20 rings (SSSR count). The number of nitrogens with one attached hydrogen (secondary N) is 8. The standard InChI is InChI=1S/C25H24N6O.C24H22N6O.C22H17ClN6O.C20H19ClN6O.CH4/c1-4-19(30-24-22-23(27-13-26-22)28-14-29-24)20-12-17-7-5-6-16(3)21(17)25(32)31(20)18-10-8-15(2)9-11-18;1-14-6-4-9-18(10-14)30-19(11-17-8-5-7-15(2)20(17)24(30)31)16(3)29-23-21-22(26-12-25-21)27-13-28-23;1-13(28-21-19-20(25-11-24-19)26-12-27-21)17-10-14-6-5-9-16(23)18(14)22(30)29(17)15-7-3-2-4-8-15;1-11(26-19-17-18(23-9-22-17)24-10-25-19)15-8-12-4-2-7-14(21)16(12)20(28)27(15)13-5-3-6-13;/h5-14,19H,4H2,1-3H3,(H2,26,27,28,29,30);4-13,16H,1-3H3,(H2,25,26,27,28,29);2-13H,1H3,(H2,24,25,26,27,28);2,4,7-11,13H,3,5-6H2,1H3,(H2,22,23,24,25,26);1H4. The number of anilines is 4. The van der Waals surface area contributed by atoms with E-state index in [4.69, 9.17) is 23.2 Å². The third-order valence-corrected chi connectivity index (χ3v) is 22.6. The summed E-state index contributed by atoms with van der Waals surface area (Å²) in [7, 11) is 0. The van der Waals surface area contributed by atoms with Gasteiger partial charge in [0, 0.05) is 45.9 Å². The second kappa shape index (κ2) is 34.7. The van der Waals surface area contributed by atoms with E-state index in [1.165, 1.54) is 25.3 Å². The van der Waals surface area contributed by atoms with Crippen LogP contribution in [0.15, 0.2) is 246 Å². The van der Waals surface area contributed by atoms with E-state index in [2.05, 4.69) is 126 Å². The zero-order valence-corrected chi connectivity index (χ0v) is 68.6. The summed E-state index contributed by atoms with van der Waals surface area (Å²) < 4.78 is 7.23. The molecule has 7 aromatic carbocycles. The maximum absolute atomic E-state index is 13.8. The molecule has 19 aromatic rings. The first kappa shape index (κ1) is 81.1. The van der Waals surface area contributed by atoms with E-state index in [0.29, 0.717) is 72.2 Å². The summed E-state index contributed by atoms with van der Waals surface area (Å²) >= 11 is 12.7. The number of aryl methyl sites for hydroxylation is 4. The Morgan fingerprint density at radius 3 is 1.19 bits per heavy atom. The molecule has 12 aromatic heterocycles. The zero-order chi connectivity index (χ0) is 83.7. The highest BCUT2D eigenvalue weighted by atomic mass is 35.5. The molecule has 0 bridgehead atoms. The molecule has 4 unspecified atom stereocenters. The number of fused-ring (bicyclic) bond motifs is 8. The normalized spacial score (nSPS) is 13.0. The lowest BCUT2D eigenvalue weighted by atomic mass is 9.91. The fourth-order valence-electron chi connectivity index (χ4n) is 15.8. The summed E-state index contributed by atoms with van der Waals surface area (Å²) in [5.74, 6) is 2.58. The van der Waals surface area contributed by atoms with Crippen LogP contribution in [-0.4, -0.2) is 98.0 Å². The number of H-pyrrole nitrogens is 4. The monoisotopic (exact) mass is 1660 g/mol. The molecule has 28 nitrogen and oxygen atoms in total. The van der Waals surface area contributed by atoms with Gasteiger partial charge in [-0.25, -0.2) is 59.8 Å². The highest BCUT2D eigenvalue weighted by Crippen LogP contribution is 2.38. The fourth-order valence-corrected chi connectivity index (χ4v) is 16.3. The third-order valence-electron chi connectivity index (χ3n) is 22.0. The first-order valence-electron chi connectivity index (χ1n) is 39.7. The molecule has 8 N–H and O–H groups in total. The molecule has 0 aliphatic heterocycles. The van der Waals surface area contributed by atoms with Gasteiger partial charge in [-0.3, -0.25) is 32.9 Å². The minimum Gasteiger partial charge on any atom is -0.360 e. The van der Waals surface area contributed by atoms with E-state index < -0.39 is 0 Å². The van der Waals surface area contributed by atoms with Crippen LogP contribution in [0, 0.1) is 27.7 Å². The molecule has 0 amide bonds. The molecular weight excluding hydrogens is 1580 g/mol. The van der Waals surface area contributed by atoms with Crippen LogP contribution >= 0.6 is 23.2 Å². The van der Waals surface area contributed by atoms with Gasteiger partial charge in [0.05, 0.1) is 81.1 Å². The van der Waals surface area contributed by atoms with Gasteiger partial charge in [0.25, 0.3) is 22.2 Å². The lowest BCUT2D eigenvalue weighted by Crippen LogP contribution is -2.33. The molecule has 1 saturated carbocycles. The van der Waals surface area contributed by atoms with E-state index in [-0.39, 0.29) is 59.9 Å². The van der Waals surface area contributed by atoms with Gasteiger partial charge < -0.3 is 45.8 Å². The van der Waals surface area contributed by atoms with Crippen molar-refractivity contribution in [1.29, 1.82) is 0 Å². The Labute approximate surface area is 708 Å². The second-order valence-electron chi connectivity index (χ2n) is 30.0. The first-order chi connectivity index (χ1) is 58.8. The minimum atomic E-state index is -0.248. The largest absolute Gasteiger partial charge is 0.360 e. The molecule has 122 heavy (non-hydrogen) atoms. The topological polar surface area (TPSA) is 354 Å². The molecule has 1 fully saturated rings. The van der Waals surface area contributed by atoms with Crippen molar-refractivity contribution < 1.29 is 0 Å². The molecule has 612 valence electrons. The zero-order valence-electron chi connectivity index (χ0n) is 67.1. The average Bonchev–Trinajstić information content (AvgIpc) is 0.796. The molecule has 0 radical (unpaired) electrons. The number of imidazole rings is 4. The fraction of sp³-hybridized carbons (Fsp3) is 0.196. The number of halogens is 2. The van der Waals surface area contributed by atoms with Crippen molar-refractivity contribution in [3.8, 4) is 17.1 Å². The first-order valence-corrected chi connectivity index (χ1v) is 40.4. The Hall–Kier alpha value is -14.6. The quantitative estimate of drug-likeness (QED) is 0.0420. The van der Waals surface area contributed by atoms with Gasteiger partial charge in [0.1, 0.15) is 47.4 Å². The van der Waals surface area contributed by atoms with E-state index in [1.807, 2.05) is 203 Å². The van der Waals surface area contributed by atoms with Crippen LogP contribution in [0.25, 0.3) is 105 Å². The van der Waals surface area contributed by atoms with Crippen molar-refractivity contribution in [1.82, 2.24) is 98.0 Å². The molecule has 0 spiro atoms. The summed E-state index contributed by atoms with van der Waals surface area (Å²) in [5, 5.41) is 20.8. The summed E-state index contributed by atoms with van der Waals surface area (Å²) in [5.41, 5.74) is 15.1. The Kier molecular flexibility index (Phi) is 23.1. The molecule has 12 heterocycles. The maximum Gasteiger partial charge on any atom is 0.264 e. The number of hydrogen-bond donors (Lipinski definition) is 8. The van der Waals surface area contributed by atoms with Gasteiger partial charge >= 0.3 is 0 Å². The summed E-state index contributed by atoms with van der Waals surface area (Å²) in [4.78, 5) is 118. The summed E-state index contributed by atoms with van der Waals surface area (Å²) in [6, 6.07) is 56.2. The van der Waals surface area contributed by atoms with Crippen LogP contribution in [0.5, 0.6) is 0 Å². The number of pyridine rings is 4. The van der Waals surface area contributed by atoms with Crippen molar-refractivity contribution in [2.75, 3.05) is 21.3 Å². The molecule has 4 atom stereocenters. The van der Waals surface area contributed by atoms with Crippen molar-refractivity contribution in [3.63, 3.8) is 0 Å². The van der Waals surface area contributed by atoms with Crippen molar-refractivity contribution in [2.24, 2.45) is 0 Å². The van der Waals surface area contributed by atoms with Gasteiger partial charge in [0.2, 0.25) is 0 Å². The maximum atomic E-state index is 13.8. The van der Waals surface area contributed by atoms with Crippen LogP contribution in [0.4, 0.5) is 23.3 Å². The lowest BCUT2D eigenvalue weighted by Gasteiger charge is -2.32. The Bertz CT molecular complexity index is 7380. The van der Waals surface area contributed by atoms with Crippen molar-refractivity contribution in [3.05, 3.63) is 323 Å². The van der Waals surface area contributed by atoms with Crippen LogP contribution in [0.3, 0.4) is 0 Å². The van der Waals surface area contributed by atoms with Gasteiger partial charge in [0.15, 0.2) is 45.9 Å². The van der Waals surface area contributed by atoms with Crippen LogP contribution < -0.4 is 43.5 Å². The number of hydrogen-bond acceptors (Lipinski definition) is 20. The highest BCUT2D eigenvalue weighted by Gasteiger charge is 2.29. The van der Waals surface area contributed by atoms with Crippen LogP contribution in [0.1, 0.15) is 136 Å². The molecule has 1 aliphatic rings. The van der Waals surface area contributed by atoms with Crippen molar-refractivity contribution in [2.45, 2.75) is 119 Å². The second-order valence-corrected chi connectivity index (χ2v) is 30.8. The average molecular weight is 1660 g/mol. The summed E-state index contributed by atoms with van der Waals surface area (Å²) in [6.45, 7) is 16.1. The number of aromatic nitrogens is 20. The molecule has 0 saturated heterocycles. The number of rotatable bonds is 17. The molecule has 30 heteroatoms. The molecule has 1 aliphatic carbocycles. The molecular formula is C92H86Cl2N24O4. The van der Waals surface area contributed by atoms with Crippen LogP contribution in [-0.2, 0) is 0 Å². The minimum absolute atomic E-state index is 0. The predicted molar refractivity (Wildman–Crippen MR) is 485 cm³/mol. The van der Waals surface area contributed by atoms with Gasteiger partial charge in [-0.2, -0.15) is 0 Å². The number of aromatic amines is 4. The highest BCUT2D eigenvalue weighted by molar-refractivity contribution is 6.36. The van der Waals surface area contributed by atoms with Gasteiger partial charge in [-0.05, 0) is 185 Å². The smallest absolute Gasteiger partial charge is 0.264 e. The van der Waals surface area contributed by atoms with Gasteiger partial charge in [-0.15, -0.1) is 0 Å². The van der Waals surface area contributed by atoms with E-state index >= 15 is 0 Å². The number of para-hydroxylation sites is 1. The van der Waals surface area contributed by atoms with Crippen LogP contribution in [0.2, 0.25) is 10.0 Å². The van der Waals surface area contributed by atoms with E-state index in [9.17, 15) is 19.2 Å². The predicted octanol–water partition coefficient (Wildman–Crippen LogP) is 18.6. The SMILES string of the molecule is C.CC(Nc1ncnc2nc[nH]c12)c1cc2cccc(Cl)c2c(=O)n1-c1ccccc1.CC(Nc1ncnc2nc[nH]c12)c1cc2cccc(Cl)c2c(=O)n1C1CCC1.CCC(Nc1ncnc2nc[nH]c12)c1cc2cccc(C)c2c(=O)n1-c1ccc(C)cc1.Cc1cccc(-n2c(C(C)Nc3ncnc4nc[nH]c34)cc3cccc(C)c3c2=O)c1. The number of benzene rings is 7. The van der Waals surface area contributed by atoms with E-state index in [1.54, 1.807) is 46.6 Å². The Morgan fingerprint density at radius 2 is 0.746 bits per heavy atom. The summed E-state index contributed by atoms with van der Waals surface area (Å²) in [6.07, 6.45) is 16.2. The van der Waals surface area contributed by atoms with E-state index in [0.717, 1.165) is 137 Å². The third kappa shape index (κ3) is 15.8. The number of nitrogens with zero attached hydrogens (tertiary/aromatic N) is 16. The van der Waals surface area contributed by atoms with Crippen molar-refractivity contribution >= 4 is 134 Å².